The highest BCUT2D eigenvalue weighted by molar-refractivity contribution is 5.75. The van der Waals surface area contributed by atoms with Gasteiger partial charge in [0.1, 0.15) is 17.6 Å². The Morgan fingerprint density at radius 1 is 1.22 bits per heavy atom. The predicted octanol–water partition coefficient (Wildman–Crippen LogP) is 3.66. The van der Waals surface area contributed by atoms with Crippen molar-refractivity contribution < 1.29 is 22.7 Å². The van der Waals surface area contributed by atoms with Crippen LogP contribution in [-0.2, 0) is 15.7 Å². The van der Waals surface area contributed by atoms with Crippen molar-refractivity contribution in [2.75, 3.05) is 18.0 Å². The van der Waals surface area contributed by atoms with Crippen LogP contribution in [0.3, 0.4) is 0 Å². The Kier molecular flexibility index (Phi) is 4.87. The van der Waals surface area contributed by atoms with E-state index in [9.17, 15) is 18.0 Å². The predicted molar refractivity (Wildman–Crippen MR) is 80.0 cm³/mol. The molecule has 0 amide bonds. The van der Waals surface area contributed by atoms with E-state index in [0.717, 1.165) is 6.07 Å². The summed E-state index contributed by atoms with van der Waals surface area (Å²) in [5.74, 6) is 0.0496. The van der Waals surface area contributed by atoms with Gasteiger partial charge in [-0.25, -0.2) is 4.98 Å². The molecular weight excluding hydrogens is 309 g/mol. The number of alkyl halides is 3. The van der Waals surface area contributed by atoms with Crippen LogP contribution in [0.2, 0.25) is 0 Å². The number of piperidine rings is 1. The summed E-state index contributed by atoms with van der Waals surface area (Å²) < 4.78 is 43.6. The van der Waals surface area contributed by atoms with Gasteiger partial charge in [-0.05, 0) is 32.9 Å². The molecule has 2 heterocycles. The smallest absolute Gasteiger partial charge is 0.433 e. The van der Waals surface area contributed by atoms with Gasteiger partial charge < -0.3 is 9.64 Å². The first-order chi connectivity index (χ1) is 10.6. The lowest BCUT2D eigenvalue weighted by atomic mass is 9.97. The average Bonchev–Trinajstić information content (AvgIpc) is 2.46. The number of rotatable bonds is 2. The summed E-state index contributed by atoms with van der Waals surface area (Å²) in [7, 11) is 0. The van der Waals surface area contributed by atoms with Crippen molar-refractivity contribution in [2.45, 2.75) is 45.9 Å². The number of halogens is 3. The molecule has 0 unspecified atom stereocenters. The number of anilines is 1. The summed E-state index contributed by atoms with van der Waals surface area (Å²) in [4.78, 5) is 17.3. The fourth-order valence-corrected chi connectivity index (χ4v) is 2.29. The molecule has 0 atom stereocenters. The fourth-order valence-electron chi connectivity index (χ4n) is 2.29. The van der Waals surface area contributed by atoms with Crippen molar-refractivity contribution in [3.05, 3.63) is 23.9 Å². The maximum atomic E-state index is 12.7. The molecule has 1 saturated heterocycles. The Morgan fingerprint density at radius 2 is 1.83 bits per heavy atom. The van der Waals surface area contributed by atoms with Crippen LogP contribution >= 0.6 is 0 Å². The summed E-state index contributed by atoms with van der Waals surface area (Å²) in [5, 5.41) is 0. The van der Waals surface area contributed by atoms with Gasteiger partial charge in [0, 0.05) is 25.9 Å². The lowest BCUT2D eigenvalue weighted by Crippen LogP contribution is -2.40. The molecule has 0 bridgehead atoms. The second kappa shape index (κ2) is 6.37. The van der Waals surface area contributed by atoms with Crippen LogP contribution in [0.25, 0.3) is 0 Å². The quantitative estimate of drug-likeness (QED) is 0.776. The van der Waals surface area contributed by atoms with E-state index in [1.165, 1.54) is 6.07 Å². The van der Waals surface area contributed by atoms with Crippen LogP contribution in [-0.4, -0.2) is 30.1 Å². The molecule has 4 nitrogen and oxygen atoms in total. The van der Waals surface area contributed by atoms with E-state index in [-0.39, 0.29) is 12.1 Å². The lowest BCUT2D eigenvalue weighted by molar-refractivity contribution is -0.159. The van der Waals surface area contributed by atoms with Crippen molar-refractivity contribution in [1.82, 2.24) is 4.98 Å². The third-order valence-electron chi connectivity index (χ3n) is 3.68. The molecule has 0 aliphatic carbocycles. The molecule has 0 saturated carbocycles. The van der Waals surface area contributed by atoms with Gasteiger partial charge in [0.05, 0.1) is 5.41 Å². The molecule has 1 aliphatic rings. The van der Waals surface area contributed by atoms with Gasteiger partial charge in [0.15, 0.2) is 0 Å². The molecule has 0 aromatic carbocycles. The number of hydrogen-bond acceptors (Lipinski definition) is 4. The third kappa shape index (κ3) is 4.59. The number of ether oxygens (including phenoxy) is 1. The van der Waals surface area contributed by atoms with Crippen LogP contribution in [0.5, 0.6) is 0 Å². The van der Waals surface area contributed by atoms with E-state index in [2.05, 4.69) is 4.98 Å². The molecule has 23 heavy (non-hydrogen) atoms. The Labute approximate surface area is 133 Å². The van der Waals surface area contributed by atoms with Crippen LogP contribution in [0.15, 0.2) is 18.2 Å². The molecule has 1 aliphatic heterocycles. The summed E-state index contributed by atoms with van der Waals surface area (Å²) >= 11 is 0. The second-order valence-corrected chi connectivity index (χ2v) is 6.72. The minimum absolute atomic E-state index is 0.191. The molecule has 0 spiro atoms. The molecule has 1 fully saturated rings. The number of carbonyl (C=O) groups is 1. The third-order valence-corrected chi connectivity index (χ3v) is 3.68. The molecule has 128 valence electrons. The molecule has 0 radical (unpaired) electrons. The van der Waals surface area contributed by atoms with E-state index in [0.29, 0.717) is 31.7 Å². The Bertz CT molecular complexity index is 559. The molecule has 1 aromatic rings. The largest absolute Gasteiger partial charge is 0.462 e. The van der Waals surface area contributed by atoms with E-state index in [4.69, 9.17) is 4.74 Å². The Hall–Kier alpha value is -1.79. The molecular formula is C16H21F3N2O2. The van der Waals surface area contributed by atoms with Gasteiger partial charge in [-0.15, -0.1) is 0 Å². The SMILES string of the molecule is CC(C)(C)C(=O)OC1CCN(c2cccc(C(F)(F)F)n2)CC1. The number of nitrogens with zero attached hydrogens (tertiary/aromatic N) is 2. The highest BCUT2D eigenvalue weighted by Crippen LogP contribution is 2.30. The Morgan fingerprint density at radius 3 is 2.35 bits per heavy atom. The number of carbonyl (C=O) groups excluding carboxylic acids is 1. The summed E-state index contributed by atoms with van der Waals surface area (Å²) in [6.45, 7) is 6.39. The van der Waals surface area contributed by atoms with Crippen molar-refractivity contribution in [3.8, 4) is 0 Å². The highest BCUT2D eigenvalue weighted by Gasteiger charge is 2.33. The fraction of sp³-hybridized carbons (Fsp3) is 0.625. The zero-order chi connectivity index (χ0) is 17.3. The maximum Gasteiger partial charge on any atom is 0.433 e. The normalized spacial score (nSPS) is 17.2. The molecule has 2 rings (SSSR count). The van der Waals surface area contributed by atoms with Crippen LogP contribution in [0, 0.1) is 5.41 Å². The number of hydrogen-bond donors (Lipinski definition) is 0. The topological polar surface area (TPSA) is 42.4 Å². The summed E-state index contributed by atoms with van der Waals surface area (Å²) in [6.07, 6.45) is -3.47. The highest BCUT2D eigenvalue weighted by atomic mass is 19.4. The van der Waals surface area contributed by atoms with E-state index < -0.39 is 17.3 Å². The van der Waals surface area contributed by atoms with Crippen LogP contribution < -0.4 is 4.90 Å². The number of pyridine rings is 1. The van der Waals surface area contributed by atoms with Gasteiger partial charge in [-0.3, -0.25) is 4.79 Å². The molecule has 0 N–H and O–H groups in total. The van der Waals surface area contributed by atoms with Crippen molar-refractivity contribution in [1.29, 1.82) is 0 Å². The van der Waals surface area contributed by atoms with Gasteiger partial charge in [0.2, 0.25) is 0 Å². The van der Waals surface area contributed by atoms with E-state index >= 15 is 0 Å². The van der Waals surface area contributed by atoms with E-state index in [1.807, 2.05) is 0 Å². The van der Waals surface area contributed by atoms with Crippen LogP contribution in [0.4, 0.5) is 19.0 Å². The first-order valence-corrected chi connectivity index (χ1v) is 7.57. The number of esters is 1. The van der Waals surface area contributed by atoms with E-state index in [1.54, 1.807) is 31.7 Å². The minimum atomic E-state index is -4.45. The van der Waals surface area contributed by atoms with Gasteiger partial charge in [-0.2, -0.15) is 13.2 Å². The Balaban J connectivity index is 1.96. The lowest BCUT2D eigenvalue weighted by Gasteiger charge is -2.33. The first kappa shape index (κ1) is 17.6. The van der Waals surface area contributed by atoms with Crippen molar-refractivity contribution in [3.63, 3.8) is 0 Å². The average molecular weight is 330 g/mol. The first-order valence-electron chi connectivity index (χ1n) is 7.57. The maximum absolute atomic E-state index is 12.7. The zero-order valence-electron chi connectivity index (χ0n) is 13.5. The van der Waals surface area contributed by atoms with Gasteiger partial charge in [0.25, 0.3) is 0 Å². The summed E-state index contributed by atoms with van der Waals surface area (Å²) in [5.41, 5.74) is -1.45. The standard InChI is InChI=1S/C16H21F3N2O2/c1-15(2,3)14(22)23-11-7-9-21(10-8-11)13-6-4-5-12(20-13)16(17,18)19/h4-6,11H,7-10H2,1-3H3. The number of aromatic nitrogens is 1. The molecule has 7 heteroatoms. The van der Waals surface area contributed by atoms with Crippen LogP contribution in [0.1, 0.15) is 39.3 Å². The zero-order valence-corrected chi connectivity index (χ0v) is 13.5. The summed E-state index contributed by atoms with van der Waals surface area (Å²) in [6, 6.07) is 3.88. The van der Waals surface area contributed by atoms with Crippen molar-refractivity contribution in [2.24, 2.45) is 5.41 Å². The van der Waals surface area contributed by atoms with Gasteiger partial charge in [-0.1, -0.05) is 6.07 Å². The van der Waals surface area contributed by atoms with Crippen molar-refractivity contribution >= 4 is 11.8 Å². The minimum Gasteiger partial charge on any atom is -0.462 e. The second-order valence-electron chi connectivity index (χ2n) is 6.72. The molecule has 1 aromatic heterocycles. The van der Waals surface area contributed by atoms with Gasteiger partial charge >= 0.3 is 12.1 Å². The monoisotopic (exact) mass is 330 g/mol.